The van der Waals surface area contributed by atoms with Crippen LogP contribution in [0.15, 0.2) is 0 Å². The molecule has 0 amide bonds. The Labute approximate surface area is 153 Å². The van der Waals surface area contributed by atoms with Gasteiger partial charge < -0.3 is 0 Å². The predicted octanol–water partition coefficient (Wildman–Crippen LogP) is 8.83. The van der Waals surface area contributed by atoms with Crippen LogP contribution < -0.4 is 0 Å². The molecule has 0 aromatic rings. The Morgan fingerprint density at radius 2 is 0.458 bits per heavy atom. The lowest BCUT2D eigenvalue weighted by molar-refractivity contribution is 0.0217. The van der Waals surface area contributed by atoms with E-state index in [2.05, 4.69) is 13.8 Å². The average molecular weight is 335 g/mol. The Hall–Kier alpha value is 0. The van der Waals surface area contributed by atoms with Crippen molar-refractivity contribution < 1.29 is 0 Å². The van der Waals surface area contributed by atoms with E-state index in [0.717, 1.165) is 0 Å². The molecule has 0 atom stereocenters. The normalized spacial score (nSPS) is 28.2. The van der Waals surface area contributed by atoms with E-state index in [0.29, 0.717) is 10.8 Å². The lowest BCUT2D eigenvalue weighted by Gasteiger charge is -2.48. The Kier molecular flexibility index (Phi) is 9.20. The maximum absolute atomic E-state index is 2.70. The van der Waals surface area contributed by atoms with Crippen molar-refractivity contribution in [3.63, 3.8) is 0 Å². The second-order valence-electron chi connectivity index (χ2n) is 9.78. The van der Waals surface area contributed by atoms with Gasteiger partial charge in [-0.05, 0) is 36.5 Å². The summed E-state index contributed by atoms with van der Waals surface area (Å²) in [7, 11) is 0. The standard InChI is InChI=1S/C24H46/c1-23(19-15-11-7-3-4-8-12-16-20-23)24(2)21-17-13-9-5-6-10-14-18-22-24/h3-22H2,1-2H3. The molecule has 0 aromatic carbocycles. The molecule has 0 heteroatoms. The van der Waals surface area contributed by atoms with Gasteiger partial charge in [0.2, 0.25) is 0 Å². The maximum Gasteiger partial charge on any atom is -0.0272 e. The van der Waals surface area contributed by atoms with Crippen LogP contribution in [0, 0.1) is 10.8 Å². The van der Waals surface area contributed by atoms with E-state index in [1.165, 1.54) is 128 Å². The summed E-state index contributed by atoms with van der Waals surface area (Å²) in [6, 6.07) is 0. The molecule has 0 N–H and O–H groups in total. The van der Waals surface area contributed by atoms with Gasteiger partial charge >= 0.3 is 0 Å². The van der Waals surface area contributed by atoms with Crippen molar-refractivity contribution in [3.05, 3.63) is 0 Å². The van der Waals surface area contributed by atoms with Crippen LogP contribution in [-0.4, -0.2) is 0 Å². The summed E-state index contributed by atoms with van der Waals surface area (Å²) in [5.41, 5.74) is 1.21. The molecule has 0 unspecified atom stereocenters. The molecule has 0 radical (unpaired) electrons. The molecule has 0 bridgehead atoms. The zero-order chi connectivity index (χ0) is 17.1. The van der Waals surface area contributed by atoms with Crippen molar-refractivity contribution in [2.24, 2.45) is 10.8 Å². The summed E-state index contributed by atoms with van der Waals surface area (Å²) in [6.45, 7) is 5.40. The van der Waals surface area contributed by atoms with Gasteiger partial charge in [0.25, 0.3) is 0 Å². The van der Waals surface area contributed by atoms with E-state index >= 15 is 0 Å². The maximum atomic E-state index is 2.70. The summed E-state index contributed by atoms with van der Waals surface area (Å²) >= 11 is 0. The van der Waals surface area contributed by atoms with Gasteiger partial charge in [-0.3, -0.25) is 0 Å². The van der Waals surface area contributed by atoms with Gasteiger partial charge in [0.05, 0.1) is 0 Å². The number of hydrogen-bond acceptors (Lipinski definition) is 0. The fraction of sp³-hybridized carbons (Fsp3) is 1.00. The topological polar surface area (TPSA) is 0 Å². The predicted molar refractivity (Wildman–Crippen MR) is 109 cm³/mol. The second kappa shape index (κ2) is 10.9. The van der Waals surface area contributed by atoms with Crippen LogP contribution in [0.3, 0.4) is 0 Å². The minimum absolute atomic E-state index is 0.603. The first kappa shape index (κ1) is 20.3. The molecular weight excluding hydrogens is 288 g/mol. The molecule has 2 aliphatic carbocycles. The molecule has 0 spiro atoms. The quantitative estimate of drug-likeness (QED) is 0.449. The van der Waals surface area contributed by atoms with Crippen LogP contribution in [0.4, 0.5) is 0 Å². The average Bonchev–Trinajstić information content (AvgIpc) is 2.65. The van der Waals surface area contributed by atoms with E-state index < -0.39 is 0 Å². The Morgan fingerprint density at radius 1 is 0.292 bits per heavy atom. The molecule has 0 heterocycles. The van der Waals surface area contributed by atoms with Gasteiger partial charge in [0.1, 0.15) is 0 Å². The van der Waals surface area contributed by atoms with Crippen LogP contribution in [0.25, 0.3) is 0 Å². The van der Waals surface area contributed by atoms with Gasteiger partial charge in [-0.15, -0.1) is 0 Å². The van der Waals surface area contributed by atoms with E-state index in [9.17, 15) is 0 Å². The highest BCUT2D eigenvalue weighted by Gasteiger charge is 2.42. The first-order valence-electron chi connectivity index (χ1n) is 11.7. The number of rotatable bonds is 1. The largest absolute Gasteiger partial charge is 0.0591 e. The van der Waals surface area contributed by atoms with Crippen LogP contribution in [0.2, 0.25) is 0 Å². The lowest BCUT2D eigenvalue weighted by atomic mass is 9.57. The fourth-order valence-corrected chi connectivity index (χ4v) is 5.64. The van der Waals surface area contributed by atoms with Crippen molar-refractivity contribution in [2.45, 2.75) is 142 Å². The van der Waals surface area contributed by atoms with Gasteiger partial charge in [-0.1, -0.05) is 117 Å². The Morgan fingerprint density at radius 3 is 0.667 bits per heavy atom. The van der Waals surface area contributed by atoms with E-state index in [4.69, 9.17) is 0 Å². The highest BCUT2D eigenvalue weighted by atomic mass is 14.5. The summed E-state index contributed by atoms with van der Waals surface area (Å²) in [5.74, 6) is 0. The summed E-state index contributed by atoms with van der Waals surface area (Å²) < 4.78 is 0. The third kappa shape index (κ3) is 6.38. The SMILES string of the molecule is CC1(C2(C)CCCCCCCCCC2)CCCCCCCCCC1. The minimum atomic E-state index is 0.603. The van der Waals surface area contributed by atoms with Gasteiger partial charge in [0.15, 0.2) is 0 Å². The Bertz CT molecular complexity index is 260. The highest BCUT2D eigenvalue weighted by molar-refractivity contribution is 4.92. The molecule has 24 heavy (non-hydrogen) atoms. The van der Waals surface area contributed by atoms with Crippen LogP contribution in [0.5, 0.6) is 0 Å². The lowest BCUT2D eigenvalue weighted by Crippen LogP contribution is -2.38. The van der Waals surface area contributed by atoms with E-state index in [1.807, 2.05) is 0 Å². The minimum Gasteiger partial charge on any atom is -0.0591 e. The van der Waals surface area contributed by atoms with Crippen molar-refractivity contribution >= 4 is 0 Å². The molecule has 2 rings (SSSR count). The van der Waals surface area contributed by atoms with Crippen molar-refractivity contribution in [2.75, 3.05) is 0 Å². The molecule has 2 fully saturated rings. The first-order chi connectivity index (χ1) is 11.7. The zero-order valence-corrected chi connectivity index (χ0v) is 17.1. The van der Waals surface area contributed by atoms with Crippen molar-refractivity contribution in [3.8, 4) is 0 Å². The first-order valence-corrected chi connectivity index (χ1v) is 11.7. The van der Waals surface area contributed by atoms with Crippen LogP contribution in [0.1, 0.15) is 142 Å². The fourth-order valence-electron chi connectivity index (χ4n) is 5.64. The molecule has 0 aromatic heterocycles. The van der Waals surface area contributed by atoms with Crippen molar-refractivity contribution in [1.82, 2.24) is 0 Å². The molecule has 2 aliphatic rings. The van der Waals surface area contributed by atoms with E-state index in [1.54, 1.807) is 0 Å². The third-order valence-electron chi connectivity index (χ3n) is 7.87. The smallest absolute Gasteiger partial charge is 0.0272 e. The van der Waals surface area contributed by atoms with Crippen molar-refractivity contribution in [1.29, 1.82) is 0 Å². The van der Waals surface area contributed by atoms with Gasteiger partial charge in [-0.2, -0.15) is 0 Å². The van der Waals surface area contributed by atoms with Crippen LogP contribution >= 0.6 is 0 Å². The Balaban J connectivity index is 2.05. The molecule has 0 nitrogen and oxygen atoms in total. The molecule has 142 valence electrons. The van der Waals surface area contributed by atoms with Gasteiger partial charge in [-0.25, -0.2) is 0 Å². The van der Waals surface area contributed by atoms with Crippen LogP contribution in [-0.2, 0) is 0 Å². The summed E-state index contributed by atoms with van der Waals surface area (Å²) in [6.07, 6.45) is 29.9. The summed E-state index contributed by atoms with van der Waals surface area (Å²) in [5, 5.41) is 0. The molecule has 2 saturated carbocycles. The second-order valence-corrected chi connectivity index (χ2v) is 9.78. The summed E-state index contributed by atoms with van der Waals surface area (Å²) in [4.78, 5) is 0. The van der Waals surface area contributed by atoms with E-state index in [-0.39, 0.29) is 0 Å². The molecular formula is C24H46. The monoisotopic (exact) mass is 334 g/mol. The molecule has 0 saturated heterocycles. The zero-order valence-electron chi connectivity index (χ0n) is 17.1. The number of hydrogen-bond donors (Lipinski definition) is 0. The third-order valence-corrected chi connectivity index (χ3v) is 7.87. The molecule has 0 aliphatic heterocycles. The van der Waals surface area contributed by atoms with Gasteiger partial charge in [0, 0.05) is 0 Å². The highest BCUT2D eigenvalue weighted by Crippen LogP contribution is 2.53.